The number of hydrogen-bond donors (Lipinski definition) is 0. The normalized spacial score (nSPS) is 35.4. The molecular formula is C5H6O2. The molecular weight excluding hydrogens is 92.1 g/mol. The summed E-state index contributed by atoms with van der Waals surface area (Å²) in [7, 11) is 0. The fourth-order valence-electron chi connectivity index (χ4n) is 0.927. The molecule has 0 fully saturated rings. The summed E-state index contributed by atoms with van der Waals surface area (Å²) in [5.74, 6) is 1.02. The fourth-order valence-corrected chi connectivity index (χ4v) is 0.927. The van der Waals surface area contributed by atoms with Crippen LogP contribution in [0, 0.1) is 0 Å². The highest BCUT2D eigenvalue weighted by Crippen LogP contribution is 2.29. The molecule has 1 atom stereocenters. The smallest absolute Gasteiger partial charge is 0.141 e. The zero-order chi connectivity index (χ0) is 4.69. The second-order valence-electron chi connectivity index (χ2n) is 1.89. The van der Waals surface area contributed by atoms with Crippen molar-refractivity contribution in [3.63, 3.8) is 0 Å². The number of hydrogen-bond acceptors (Lipinski definition) is 2. The van der Waals surface area contributed by atoms with Crippen LogP contribution >= 0.6 is 0 Å². The number of rotatable bonds is 0. The summed E-state index contributed by atoms with van der Waals surface area (Å²) in [4.78, 5) is 9.47. The van der Waals surface area contributed by atoms with Crippen molar-refractivity contribution in [3.8, 4) is 0 Å². The minimum Gasteiger partial charge on any atom is -0.342 e. The number of allylic oxidation sites excluding steroid dienone is 1. The SMILES string of the molecule is C1=C2CCC1OO2. The molecule has 0 aromatic heterocycles. The van der Waals surface area contributed by atoms with E-state index in [1.807, 2.05) is 6.08 Å². The second kappa shape index (κ2) is 1.01. The molecule has 2 bridgehead atoms. The highest BCUT2D eigenvalue weighted by atomic mass is 17.2. The van der Waals surface area contributed by atoms with Gasteiger partial charge in [0, 0.05) is 6.42 Å². The van der Waals surface area contributed by atoms with Gasteiger partial charge in [0.15, 0.2) is 0 Å². The molecule has 1 aliphatic heterocycles. The summed E-state index contributed by atoms with van der Waals surface area (Å²) in [6.45, 7) is 0. The van der Waals surface area contributed by atoms with Gasteiger partial charge in [-0.1, -0.05) is 0 Å². The molecule has 2 nitrogen and oxygen atoms in total. The Hall–Kier alpha value is -0.500. The van der Waals surface area contributed by atoms with E-state index in [2.05, 4.69) is 0 Å². The lowest BCUT2D eigenvalue weighted by Crippen LogP contribution is -2.04. The molecule has 7 heavy (non-hydrogen) atoms. The summed E-state index contributed by atoms with van der Waals surface area (Å²) in [5.41, 5.74) is 0. The van der Waals surface area contributed by atoms with Gasteiger partial charge in [-0.2, -0.15) is 4.89 Å². The third kappa shape index (κ3) is 0.370. The first-order chi connectivity index (χ1) is 3.45. The molecule has 0 spiro atoms. The van der Waals surface area contributed by atoms with Gasteiger partial charge in [0.05, 0.1) is 0 Å². The molecule has 2 heteroatoms. The maximum Gasteiger partial charge on any atom is 0.141 e. The van der Waals surface area contributed by atoms with Crippen LogP contribution in [0.15, 0.2) is 11.8 Å². The predicted octanol–water partition coefficient (Wildman–Crippen LogP) is 0.994. The molecule has 0 radical (unpaired) electrons. The molecule has 0 N–H and O–H groups in total. The Morgan fingerprint density at radius 1 is 1.71 bits per heavy atom. The fraction of sp³-hybridized carbons (Fsp3) is 0.600. The third-order valence-corrected chi connectivity index (χ3v) is 1.33. The van der Waals surface area contributed by atoms with Crippen molar-refractivity contribution in [3.05, 3.63) is 11.8 Å². The summed E-state index contributed by atoms with van der Waals surface area (Å²) >= 11 is 0. The van der Waals surface area contributed by atoms with Crippen molar-refractivity contribution < 1.29 is 9.78 Å². The van der Waals surface area contributed by atoms with Gasteiger partial charge in [-0.25, -0.2) is 0 Å². The third-order valence-electron chi connectivity index (χ3n) is 1.33. The van der Waals surface area contributed by atoms with Crippen molar-refractivity contribution in [1.82, 2.24) is 0 Å². The van der Waals surface area contributed by atoms with Gasteiger partial charge in [0.2, 0.25) is 0 Å². The molecule has 1 heterocycles. The van der Waals surface area contributed by atoms with Crippen molar-refractivity contribution >= 4 is 0 Å². The molecule has 1 aliphatic carbocycles. The molecule has 0 amide bonds. The molecule has 2 aliphatic rings. The van der Waals surface area contributed by atoms with Crippen LogP contribution in [0.3, 0.4) is 0 Å². The van der Waals surface area contributed by atoms with Gasteiger partial charge >= 0.3 is 0 Å². The molecule has 0 aromatic rings. The van der Waals surface area contributed by atoms with Gasteiger partial charge in [0.25, 0.3) is 0 Å². The highest BCUT2D eigenvalue weighted by molar-refractivity contribution is 5.07. The van der Waals surface area contributed by atoms with Crippen molar-refractivity contribution in [2.45, 2.75) is 18.9 Å². The Morgan fingerprint density at radius 3 is 2.86 bits per heavy atom. The second-order valence-corrected chi connectivity index (χ2v) is 1.89. The Bertz CT molecular complexity index is 107. The first kappa shape index (κ1) is 3.50. The van der Waals surface area contributed by atoms with Crippen LogP contribution in [0.2, 0.25) is 0 Å². The Morgan fingerprint density at radius 2 is 2.71 bits per heavy atom. The van der Waals surface area contributed by atoms with Gasteiger partial charge in [-0.15, -0.1) is 0 Å². The minimum absolute atomic E-state index is 0.287. The predicted molar refractivity (Wildman–Crippen MR) is 23.3 cm³/mol. The minimum atomic E-state index is 0.287. The number of fused-ring (bicyclic) bond motifs is 1. The monoisotopic (exact) mass is 98.0 g/mol. The topological polar surface area (TPSA) is 18.5 Å². The zero-order valence-corrected chi connectivity index (χ0v) is 3.89. The largest absolute Gasteiger partial charge is 0.342 e. The van der Waals surface area contributed by atoms with E-state index in [-0.39, 0.29) is 6.10 Å². The zero-order valence-electron chi connectivity index (χ0n) is 3.89. The van der Waals surface area contributed by atoms with E-state index in [4.69, 9.17) is 9.78 Å². The maximum atomic E-state index is 4.76. The summed E-state index contributed by atoms with van der Waals surface area (Å²) in [5, 5.41) is 0. The maximum absolute atomic E-state index is 4.76. The van der Waals surface area contributed by atoms with E-state index < -0.39 is 0 Å². The Kier molecular flexibility index (Phi) is 0.504. The van der Waals surface area contributed by atoms with Crippen LogP contribution in [0.5, 0.6) is 0 Å². The van der Waals surface area contributed by atoms with Crippen LogP contribution in [0.4, 0.5) is 0 Å². The molecule has 0 saturated carbocycles. The summed E-state index contributed by atoms with van der Waals surface area (Å²) < 4.78 is 0. The average Bonchev–Trinajstić information content (AvgIpc) is 2.22. The van der Waals surface area contributed by atoms with E-state index in [1.54, 1.807) is 0 Å². The van der Waals surface area contributed by atoms with Gasteiger partial charge < -0.3 is 4.89 Å². The first-order valence-electron chi connectivity index (χ1n) is 2.49. The van der Waals surface area contributed by atoms with E-state index >= 15 is 0 Å². The molecule has 2 rings (SSSR count). The van der Waals surface area contributed by atoms with E-state index in [9.17, 15) is 0 Å². The van der Waals surface area contributed by atoms with E-state index in [0.29, 0.717) is 0 Å². The van der Waals surface area contributed by atoms with E-state index in [0.717, 1.165) is 18.6 Å². The average molecular weight is 98.1 g/mol. The van der Waals surface area contributed by atoms with Crippen LogP contribution in [0.1, 0.15) is 12.8 Å². The highest BCUT2D eigenvalue weighted by Gasteiger charge is 2.25. The van der Waals surface area contributed by atoms with Crippen LogP contribution in [-0.4, -0.2) is 6.10 Å². The Balaban J connectivity index is 2.27. The van der Waals surface area contributed by atoms with Gasteiger partial charge in [-0.05, 0) is 12.5 Å². The van der Waals surface area contributed by atoms with Crippen molar-refractivity contribution in [1.29, 1.82) is 0 Å². The van der Waals surface area contributed by atoms with Crippen LogP contribution in [-0.2, 0) is 9.78 Å². The molecule has 0 aromatic carbocycles. The Labute approximate surface area is 41.7 Å². The molecule has 0 saturated heterocycles. The van der Waals surface area contributed by atoms with E-state index in [1.165, 1.54) is 0 Å². The lowest BCUT2D eigenvalue weighted by Gasteiger charge is -2.07. The van der Waals surface area contributed by atoms with Gasteiger partial charge in [-0.3, -0.25) is 0 Å². The van der Waals surface area contributed by atoms with Crippen LogP contribution in [0.25, 0.3) is 0 Å². The first-order valence-corrected chi connectivity index (χ1v) is 2.49. The molecule has 38 valence electrons. The van der Waals surface area contributed by atoms with Crippen molar-refractivity contribution in [2.24, 2.45) is 0 Å². The standard InChI is InChI=1S/C5H6O2/c1-2-5-3-4(1)6-7-5/h3-4H,1-2H2. The van der Waals surface area contributed by atoms with Crippen LogP contribution < -0.4 is 0 Å². The lowest BCUT2D eigenvalue weighted by atomic mass is 10.3. The molecule has 1 unspecified atom stereocenters. The summed E-state index contributed by atoms with van der Waals surface area (Å²) in [6, 6.07) is 0. The van der Waals surface area contributed by atoms with Gasteiger partial charge in [0.1, 0.15) is 11.9 Å². The summed E-state index contributed by atoms with van der Waals surface area (Å²) in [6.07, 6.45) is 4.51. The quantitative estimate of drug-likeness (QED) is 0.421. The lowest BCUT2D eigenvalue weighted by molar-refractivity contribution is -0.279. The van der Waals surface area contributed by atoms with Crippen molar-refractivity contribution in [2.75, 3.05) is 0 Å².